The summed E-state index contributed by atoms with van der Waals surface area (Å²) in [5, 5.41) is 4.94. The molecule has 0 aliphatic heterocycles. The van der Waals surface area contributed by atoms with Crippen molar-refractivity contribution in [2.24, 2.45) is 11.5 Å². The minimum Gasteiger partial charge on any atom is -0.351 e. The van der Waals surface area contributed by atoms with Crippen molar-refractivity contribution >= 4 is 33.2 Å². The van der Waals surface area contributed by atoms with Crippen LogP contribution in [-0.4, -0.2) is 38.4 Å². The monoisotopic (exact) mass is 314 g/mol. The molecular weight excluding hydrogens is 296 g/mol. The lowest BCUT2D eigenvalue weighted by molar-refractivity contribution is -0.117. The summed E-state index contributed by atoms with van der Waals surface area (Å²) in [7, 11) is -3.15. The molecule has 0 fully saturated rings. The summed E-state index contributed by atoms with van der Waals surface area (Å²) < 4.78 is 22.0. The zero-order valence-electron chi connectivity index (χ0n) is 11.5. The van der Waals surface area contributed by atoms with Gasteiger partial charge in [0.1, 0.15) is 9.84 Å². The highest BCUT2D eigenvalue weighted by Crippen LogP contribution is 2.13. The molecule has 0 aromatic heterocycles. The standard InChI is InChI=1S/C12H18N4O4S/c1-21(19,20)7-6-10(13)11(17)15-8-2-4-9(5-3-8)16-12(14)18/h2-5,10H,6-7,13H2,1H3,(H,15,17)(H3,14,16,18). The van der Waals surface area contributed by atoms with Gasteiger partial charge in [-0.2, -0.15) is 0 Å². The van der Waals surface area contributed by atoms with E-state index < -0.39 is 27.8 Å². The highest BCUT2D eigenvalue weighted by Gasteiger charge is 2.16. The summed E-state index contributed by atoms with van der Waals surface area (Å²) in [6, 6.07) is 4.64. The predicted octanol–water partition coefficient (Wildman–Crippen LogP) is -0.122. The fourth-order valence-electron chi connectivity index (χ4n) is 1.49. The van der Waals surface area contributed by atoms with Crippen molar-refractivity contribution in [1.82, 2.24) is 0 Å². The first kappa shape index (κ1) is 16.9. The Bertz CT molecular complexity index is 613. The van der Waals surface area contributed by atoms with Gasteiger partial charge in [0.25, 0.3) is 0 Å². The number of hydrogen-bond acceptors (Lipinski definition) is 5. The van der Waals surface area contributed by atoms with Crippen molar-refractivity contribution < 1.29 is 18.0 Å². The second kappa shape index (κ2) is 7.04. The van der Waals surface area contributed by atoms with E-state index >= 15 is 0 Å². The van der Waals surface area contributed by atoms with Crippen LogP contribution in [0.5, 0.6) is 0 Å². The molecule has 0 saturated heterocycles. The Morgan fingerprint density at radius 1 is 1.14 bits per heavy atom. The number of hydrogen-bond donors (Lipinski definition) is 4. The van der Waals surface area contributed by atoms with Gasteiger partial charge >= 0.3 is 6.03 Å². The molecule has 6 N–H and O–H groups in total. The summed E-state index contributed by atoms with van der Waals surface area (Å²) >= 11 is 0. The fraction of sp³-hybridized carbons (Fsp3) is 0.333. The van der Waals surface area contributed by atoms with Crippen molar-refractivity contribution in [3.8, 4) is 0 Å². The molecule has 3 amide bonds. The maximum absolute atomic E-state index is 11.8. The van der Waals surface area contributed by atoms with E-state index in [1.165, 1.54) is 0 Å². The first-order chi connectivity index (χ1) is 9.67. The zero-order valence-corrected chi connectivity index (χ0v) is 12.3. The molecule has 21 heavy (non-hydrogen) atoms. The molecule has 116 valence electrons. The summed E-state index contributed by atoms with van der Waals surface area (Å²) in [6.07, 6.45) is 1.13. The van der Waals surface area contributed by atoms with Gasteiger partial charge < -0.3 is 22.1 Å². The zero-order chi connectivity index (χ0) is 16.0. The average molecular weight is 314 g/mol. The third-order valence-electron chi connectivity index (χ3n) is 2.56. The second-order valence-electron chi connectivity index (χ2n) is 4.58. The van der Waals surface area contributed by atoms with Crippen LogP contribution in [0, 0.1) is 0 Å². The molecule has 1 unspecified atom stereocenters. The predicted molar refractivity (Wildman–Crippen MR) is 80.6 cm³/mol. The number of carbonyl (C=O) groups excluding carboxylic acids is 2. The lowest BCUT2D eigenvalue weighted by atomic mass is 10.2. The van der Waals surface area contributed by atoms with Crippen LogP contribution in [0.1, 0.15) is 6.42 Å². The van der Waals surface area contributed by atoms with Crippen molar-refractivity contribution in [3.05, 3.63) is 24.3 Å². The van der Waals surface area contributed by atoms with Gasteiger partial charge in [-0.1, -0.05) is 0 Å². The number of primary amides is 1. The van der Waals surface area contributed by atoms with Crippen molar-refractivity contribution in [1.29, 1.82) is 0 Å². The van der Waals surface area contributed by atoms with E-state index in [1.807, 2.05) is 0 Å². The third-order valence-corrected chi connectivity index (χ3v) is 3.53. The molecule has 0 radical (unpaired) electrons. The van der Waals surface area contributed by atoms with Crippen LogP contribution in [0.2, 0.25) is 0 Å². The molecule has 1 rings (SSSR count). The number of carbonyl (C=O) groups is 2. The van der Waals surface area contributed by atoms with Gasteiger partial charge in [0.15, 0.2) is 0 Å². The number of benzene rings is 1. The van der Waals surface area contributed by atoms with Crippen LogP contribution in [0.15, 0.2) is 24.3 Å². The van der Waals surface area contributed by atoms with Gasteiger partial charge in [-0.3, -0.25) is 4.79 Å². The Hall–Kier alpha value is -2.13. The highest BCUT2D eigenvalue weighted by atomic mass is 32.2. The summed E-state index contributed by atoms with van der Waals surface area (Å²) in [6.45, 7) is 0. The van der Waals surface area contributed by atoms with Crippen molar-refractivity contribution in [2.45, 2.75) is 12.5 Å². The molecular formula is C12H18N4O4S. The number of amides is 3. The van der Waals surface area contributed by atoms with Crippen LogP contribution in [-0.2, 0) is 14.6 Å². The fourth-order valence-corrected chi connectivity index (χ4v) is 2.17. The average Bonchev–Trinajstić information content (AvgIpc) is 2.36. The largest absolute Gasteiger partial charge is 0.351 e. The Labute approximate surface area is 122 Å². The normalized spacial score (nSPS) is 12.5. The van der Waals surface area contributed by atoms with E-state index in [9.17, 15) is 18.0 Å². The smallest absolute Gasteiger partial charge is 0.316 e. The van der Waals surface area contributed by atoms with Crippen LogP contribution >= 0.6 is 0 Å². The number of urea groups is 1. The quantitative estimate of drug-likeness (QED) is 0.578. The van der Waals surface area contributed by atoms with Gasteiger partial charge in [-0.15, -0.1) is 0 Å². The van der Waals surface area contributed by atoms with Crippen LogP contribution in [0.3, 0.4) is 0 Å². The number of nitrogens with one attached hydrogen (secondary N) is 2. The number of rotatable bonds is 6. The molecule has 0 saturated carbocycles. The lowest BCUT2D eigenvalue weighted by Crippen LogP contribution is -2.37. The molecule has 0 bridgehead atoms. The van der Waals surface area contributed by atoms with Crippen molar-refractivity contribution in [3.63, 3.8) is 0 Å². The summed E-state index contributed by atoms with van der Waals surface area (Å²) in [5.74, 6) is -0.627. The molecule has 9 heteroatoms. The van der Waals surface area contributed by atoms with Gasteiger partial charge in [-0.05, 0) is 30.7 Å². The molecule has 0 aliphatic carbocycles. The Kier molecular flexibility index (Phi) is 5.68. The van der Waals surface area contributed by atoms with E-state index in [0.29, 0.717) is 11.4 Å². The molecule has 1 aromatic carbocycles. The minimum absolute atomic E-state index is 0.0476. The highest BCUT2D eigenvalue weighted by molar-refractivity contribution is 7.90. The maximum Gasteiger partial charge on any atom is 0.316 e. The molecule has 0 aliphatic rings. The Balaban J connectivity index is 2.56. The van der Waals surface area contributed by atoms with Gasteiger partial charge in [0.05, 0.1) is 11.8 Å². The van der Waals surface area contributed by atoms with Crippen LogP contribution < -0.4 is 22.1 Å². The Morgan fingerprint density at radius 2 is 1.62 bits per heavy atom. The topological polar surface area (TPSA) is 144 Å². The summed E-state index contributed by atoms with van der Waals surface area (Å²) in [4.78, 5) is 22.4. The van der Waals surface area contributed by atoms with E-state index in [4.69, 9.17) is 11.5 Å². The van der Waals surface area contributed by atoms with Crippen molar-refractivity contribution in [2.75, 3.05) is 22.6 Å². The molecule has 8 nitrogen and oxygen atoms in total. The van der Waals surface area contributed by atoms with E-state index in [-0.39, 0.29) is 12.2 Å². The number of nitrogens with two attached hydrogens (primary N) is 2. The third kappa shape index (κ3) is 6.72. The Morgan fingerprint density at radius 3 is 2.05 bits per heavy atom. The summed E-state index contributed by atoms with van der Waals surface area (Å²) in [5.41, 5.74) is 11.5. The number of anilines is 2. The maximum atomic E-state index is 11.8. The lowest BCUT2D eigenvalue weighted by Gasteiger charge is -2.12. The minimum atomic E-state index is -3.15. The van der Waals surface area contributed by atoms with E-state index in [1.54, 1.807) is 24.3 Å². The van der Waals surface area contributed by atoms with Crippen LogP contribution in [0.25, 0.3) is 0 Å². The van der Waals surface area contributed by atoms with Crippen LogP contribution in [0.4, 0.5) is 16.2 Å². The van der Waals surface area contributed by atoms with Gasteiger partial charge in [-0.25, -0.2) is 13.2 Å². The number of sulfone groups is 1. The first-order valence-electron chi connectivity index (χ1n) is 6.08. The van der Waals surface area contributed by atoms with Gasteiger partial charge in [0.2, 0.25) is 5.91 Å². The second-order valence-corrected chi connectivity index (χ2v) is 6.84. The molecule has 0 spiro atoms. The van der Waals surface area contributed by atoms with E-state index in [2.05, 4.69) is 10.6 Å². The van der Waals surface area contributed by atoms with Gasteiger partial charge in [0, 0.05) is 17.6 Å². The molecule has 1 atom stereocenters. The first-order valence-corrected chi connectivity index (χ1v) is 8.14. The molecule has 1 aromatic rings. The SMILES string of the molecule is CS(=O)(=O)CCC(N)C(=O)Nc1ccc(NC(N)=O)cc1. The molecule has 0 heterocycles. The van der Waals surface area contributed by atoms with E-state index in [0.717, 1.165) is 6.26 Å².